The lowest BCUT2D eigenvalue weighted by molar-refractivity contribution is 0.281. The molecule has 17 heavy (non-hydrogen) atoms. The van der Waals surface area contributed by atoms with Crippen molar-refractivity contribution >= 4 is 21.7 Å². The summed E-state index contributed by atoms with van der Waals surface area (Å²) in [5.41, 5.74) is 0.910. The molecule has 1 aliphatic heterocycles. The fourth-order valence-corrected chi connectivity index (χ4v) is 2.82. The molecule has 1 unspecified atom stereocenters. The zero-order valence-electron chi connectivity index (χ0n) is 10.2. The first-order valence-electron chi connectivity index (χ1n) is 6.24. The number of hydrogen-bond donors (Lipinski definition) is 1. The first-order chi connectivity index (χ1) is 8.22. The van der Waals surface area contributed by atoms with E-state index in [2.05, 4.69) is 32.7 Å². The van der Waals surface area contributed by atoms with Gasteiger partial charge < -0.3 is 10.0 Å². The average Bonchev–Trinajstić information content (AvgIpc) is 2.54. The summed E-state index contributed by atoms with van der Waals surface area (Å²) in [5, 5.41) is 9.44. The van der Waals surface area contributed by atoms with Crippen LogP contribution in [0.15, 0.2) is 16.7 Å². The Labute approximate surface area is 111 Å². The number of halogens is 1. The highest BCUT2D eigenvalue weighted by molar-refractivity contribution is 9.10. The van der Waals surface area contributed by atoms with Gasteiger partial charge in [0.25, 0.3) is 0 Å². The molecule has 3 nitrogen and oxygen atoms in total. The number of aliphatic hydroxyl groups excluding tert-OH is 1. The maximum Gasteiger partial charge on any atom is 0.134 e. The Bertz CT molecular complexity index is 384. The second-order valence-corrected chi connectivity index (χ2v) is 5.60. The van der Waals surface area contributed by atoms with E-state index < -0.39 is 0 Å². The van der Waals surface area contributed by atoms with E-state index in [4.69, 9.17) is 0 Å². The monoisotopic (exact) mass is 298 g/mol. The van der Waals surface area contributed by atoms with Crippen LogP contribution in [0.25, 0.3) is 0 Å². The molecule has 0 saturated carbocycles. The Hall–Kier alpha value is -0.610. The van der Waals surface area contributed by atoms with Gasteiger partial charge in [0.05, 0.1) is 6.61 Å². The smallest absolute Gasteiger partial charge is 0.134 e. The first kappa shape index (κ1) is 12.8. The van der Waals surface area contributed by atoms with Crippen molar-refractivity contribution < 1.29 is 5.11 Å². The highest BCUT2D eigenvalue weighted by Gasteiger charge is 2.20. The number of aromatic nitrogens is 1. The number of pyridine rings is 1. The van der Waals surface area contributed by atoms with Crippen molar-refractivity contribution in [2.24, 2.45) is 0 Å². The lowest BCUT2D eigenvalue weighted by Crippen LogP contribution is -2.34. The van der Waals surface area contributed by atoms with Crippen LogP contribution < -0.4 is 4.90 Å². The van der Waals surface area contributed by atoms with Gasteiger partial charge in [0.2, 0.25) is 0 Å². The van der Waals surface area contributed by atoms with E-state index in [-0.39, 0.29) is 6.61 Å². The molecule has 2 rings (SSSR count). The highest BCUT2D eigenvalue weighted by atomic mass is 79.9. The van der Waals surface area contributed by atoms with Crippen LogP contribution in [0, 0.1) is 0 Å². The fraction of sp³-hybridized carbons (Fsp3) is 0.615. The summed E-state index contributed by atoms with van der Waals surface area (Å²) >= 11 is 3.40. The molecule has 1 fully saturated rings. The van der Waals surface area contributed by atoms with Gasteiger partial charge in [-0.25, -0.2) is 4.98 Å². The summed E-state index contributed by atoms with van der Waals surface area (Å²) in [6.07, 6.45) is 6.83. The molecule has 1 atom stereocenters. The highest BCUT2D eigenvalue weighted by Crippen LogP contribution is 2.27. The second kappa shape index (κ2) is 5.83. The molecule has 4 heteroatoms. The van der Waals surface area contributed by atoms with E-state index in [1.54, 1.807) is 0 Å². The van der Waals surface area contributed by atoms with Gasteiger partial charge in [-0.05, 0) is 41.8 Å². The third-order valence-electron chi connectivity index (χ3n) is 3.40. The van der Waals surface area contributed by atoms with Crippen molar-refractivity contribution in [2.45, 2.75) is 45.3 Å². The van der Waals surface area contributed by atoms with Gasteiger partial charge in [-0.1, -0.05) is 12.8 Å². The summed E-state index contributed by atoms with van der Waals surface area (Å²) in [4.78, 5) is 6.82. The molecule has 1 aliphatic rings. The minimum absolute atomic E-state index is 0.0466. The summed E-state index contributed by atoms with van der Waals surface area (Å²) in [6.45, 7) is 3.34. The quantitative estimate of drug-likeness (QED) is 0.911. The normalized spacial score (nSPS) is 21.4. The van der Waals surface area contributed by atoms with Crippen molar-refractivity contribution in [3.63, 3.8) is 0 Å². The van der Waals surface area contributed by atoms with Crippen LogP contribution in [-0.4, -0.2) is 22.7 Å². The van der Waals surface area contributed by atoms with Gasteiger partial charge in [-0.3, -0.25) is 0 Å². The minimum Gasteiger partial charge on any atom is -0.392 e. The molecule has 94 valence electrons. The molecule has 1 N–H and O–H groups in total. The minimum atomic E-state index is 0.0466. The summed E-state index contributed by atoms with van der Waals surface area (Å²) in [6, 6.07) is 2.47. The van der Waals surface area contributed by atoms with Crippen molar-refractivity contribution in [1.29, 1.82) is 0 Å². The van der Waals surface area contributed by atoms with E-state index in [9.17, 15) is 5.11 Å². The Kier molecular flexibility index (Phi) is 4.40. The second-order valence-electron chi connectivity index (χ2n) is 4.69. The van der Waals surface area contributed by atoms with Gasteiger partial charge >= 0.3 is 0 Å². The van der Waals surface area contributed by atoms with Gasteiger partial charge in [0, 0.05) is 28.8 Å². The Balaban J connectivity index is 2.30. The number of anilines is 1. The number of nitrogens with zero attached hydrogens (tertiary/aromatic N) is 2. The standard InChI is InChI=1S/C13H19BrN2O/c1-10-5-3-2-4-6-16(10)13-11(9-17)7-12(14)8-15-13/h7-8,10,17H,2-6,9H2,1H3. The Morgan fingerprint density at radius 3 is 3.06 bits per heavy atom. The molecule has 0 aromatic carbocycles. The summed E-state index contributed by atoms with van der Waals surface area (Å²) in [5.74, 6) is 0.949. The van der Waals surface area contributed by atoms with Crippen LogP contribution >= 0.6 is 15.9 Å². The van der Waals surface area contributed by atoms with Gasteiger partial charge in [-0.2, -0.15) is 0 Å². The van der Waals surface area contributed by atoms with E-state index in [0.717, 1.165) is 22.4 Å². The van der Waals surface area contributed by atoms with Crippen LogP contribution in [0.1, 0.15) is 38.2 Å². The zero-order chi connectivity index (χ0) is 12.3. The number of rotatable bonds is 2. The lowest BCUT2D eigenvalue weighted by Gasteiger charge is -2.29. The SMILES string of the molecule is CC1CCCCCN1c1ncc(Br)cc1CO. The predicted octanol–water partition coefficient (Wildman–Crippen LogP) is 3.11. The molecule has 1 aromatic rings. The van der Waals surface area contributed by atoms with E-state index in [1.807, 2.05) is 12.3 Å². The van der Waals surface area contributed by atoms with Crippen LogP contribution in [0.3, 0.4) is 0 Å². The van der Waals surface area contributed by atoms with Crippen molar-refractivity contribution in [2.75, 3.05) is 11.4 Å². The molecule has 0 bridgehead atoms. The number of aliphatic hydroxyl groups is 1. The number of hydrogen-bond acceptors (Lipinski definition) is 3. The van der Waals surface area contributed by atoms with Crippen LogP contribution in [0.5, 0.6) is 0 Å². The molecule has 2 heterocycles. The van der Waals surface area contributed by atoms with Gasteiger partial charge in [-0.15, -0.1) is 0 Å². The van der Waals surface area contributed by atoms with E-state index in [0.29, 0.717) is 6.04 Å². The maximum absolute atomic E-state index is 9.44. The average molecular weight is 299 g/mol. The Morgan fingerprint density at radius 1 is 1.47 bits per heavy atom. The molecule has 0 aliphatic carbocycles. The largest absolute Gasteiger partial charge is 0.392 e. The Morgan fingerprint density at radius 2 is 2.29 bits per heavy atom. The summed E-state index contributed by atoms with van der Waals surface area (Å²) in [7, 11) is 0. The van der Waals surface area contributed by atoms with Crippen LogP contribution in [-0.2, 0) is 6.61 Å². The van der Waals surface area contributed by atoms with Crippen molar-refractivity contribution in [3.8, 4) is 0 Å². The van der Waals surface area contributed by atoms with Crippen LogP contribution in [0.2, 0.25) is 0 Å². The molecule has 0 amide bonds. The van der Waals surface area contributed by atoms with Crippen LogP contribution in [0.4, 0.5) is 5.82 Å². The first-order valence-corrected chi connectivity index (χ1v) is 7.03. The topological polar surface area (TPSA) is 36.4 Å². The van der Waals surface area contributed by atoms with Crippen molar-refractivity contribution in [3.05, 3.63) is 22.3 Å². The predicted molar refractivity (Wildman–Crippen MR) is 73.1 cm³/mol. The third kappa shape index (κ3) is 2.99. The molecular formula is C13H19BrN2O. The van der Waals surface area contributed by atoms with E-state index in [1.165, 1.54) is 25.7 Å². The molecule has 0 radical (unpaired) electrons. The lowest BCUT2D eigenvalue weighted by atomic mass is 10.1. The third-order valence-corrected chi connectivity index (χ3v) is 3.84. The molecule has 1 saturated heterocycles. The van der Waals surface area contributed by atoms with Crippen molar-refractivity contribution in [1.82, 2.24) is 4.98 Å². The molecule has 0 spiro atoms. The summed E-state index contributed by atoms with van der Waals surface area (Å²) < 4.78 is 0.924. The van der Waals surface area contributed by atoms with Gasteiger partial charge in [0.15, 0.2) is 0 Å². The molecular weight excluding hydrogens is 280 g/mol. The fourth-order valence-electron chi connectivity index (χ4n) is 2.44. The zero-order valence-corrected chi connectivity index (χ0v) is 11.8. The van der Waals surface area contributed by atoms with E-state index >= 15 is 0 Å². The van der Waals surface area contributed by atoms with Gasteiger partial charge in [0.1, 0.15) is 5.82 Å². The molecule has 1 aromatic heterocycles. The maximum atomic E-state index is 9.44.